The third-order valence-corrected chi connectivity index (χ3v) is 2.76. The monoisotopic (exact) mass is 229 g/mol. The molecular weight excluding hydrogens is 213 g/mol. The third kappa shape index (κ3) is 3.47. The molecule has 0 aliphatic carbocycles. The van der Waals surface area contributed by atoms with Crippen molar-refractivity contribution in [2.45, 2.75) is 26.2 Å². The van der Waals surface area contributed by atoms with Crippen LogP contribution >= 0.6 is 11.6 Å². The maximum absolute atomic E-state index is 13.2. The van der Waals surface area contributed by atoms with Crippen LogP contribution in [0.15, 0.2) is 18.2 Å². The van der Waals surface area contributed by atoms with Crippen molar-refractivity contribution in [1.29, 1.82) is 0 Å². The summed E-state index contributed by atoms with van der Waals surface area (Å²) in [6.07, 6.45) is 0.970. The Balaban J connectivity index is 2.87. The second-order valence-electron chi connectivity index (χ2n) is 4.24. The predicted octanol–water partition coefficient (Wildman–Crippen LogP) is 3.57. The molecule has 0 aliphatic heterocycles. The van der Waals surface area contributed by atoms with Crippen LogP contribution in [0.3, 0.4) is 0 Å². The van der Waals surface area contributed by atoms with Gasteiger partial charge in [0, 0.05) is 0 Å². The highest BCUT2D eigenvalue weighted by molar-refractivity contribution is 6.30. The van der Waals surface area contributed by atoms with Crippen molar-refractivity contribution in [3.8, 4) is 0 Å². The smallest absolute Gasteiger partial charge is 0.142 e. The van der Waals surface area contributed by atoms with Crippen molar-refractivity contribution in [2.24, 2.45) is 11.7 Å². The van der Waals surface area contributed by atoms with E-state index in [0.29, 0.717) is 12.5 Å². The minimum absolute atomic E-state index is 0.166. The Bertz CT molecular complexity index is 325. The molecule has 1 aromatic carbocycles. The summed E-state index contributed by atoms with van der Waals surface area (Å²) in [6.45, 7) is 4.81. The highest BCUT2D eigenvalue weighted by Gasteiger charge is 2.13. The van der Waals surface area contributed by atoms with Crippen LogP contribution in [-0.2, 0) is 0 Å². The summed E-state index contributed by atoms with van der Waals surface area (Å²) in [5, 5.41) is 0.166. The quantitative estimate of drug-likeness (QED) is 0.840. The summed E-state index contributed by atoms with van der Waals surface area (Å²) in [6, 6.07) is 4.93. The number of benzene rings is 1. The summed E-state index contributed by atoms with van der Waals surface area (Å²) in [7, 11) is 0. The Morgan fingerprint density at radius 2 is 2.07 bits per heavy atom. The van der Waals surface area contributed by atoms with Crippen molar-refractivity contribution in [1.82, 2.24) is 0 Å². The van der Waals surface area contributed by atoms with Crippen LogP contribution in [-0.4, -0.2) is 6.54 Å². The molecule has 3 heteroatoms. The average molecular weight is 230 g/mol. The SMILES string of the molecule is CC(C)CC(CN)c1ccc(Cl)c(F)c1. The van der Waals surface area contributed by atoms with Crippen LogP contribution in [0.1, 0.15) is 31.7 Å². The van der Waals surface area contributed by atoms with Gasteiger partial charge in [0.05, 0.1) is 5.02 Å². The molecular formula is C12H17ClFN. The van der Waals surface area contributed by atoms with Crippen LogP contribution in [0.2, 0.25) is 5.02 Å². The van der Waals surface area contributed by atoms with E-state index < -0.39 is 0 Å². The molecule has 0 fully saturated rings. The first-order valence-electron chi connectivity index (χ1n) is 5.19. The minimum atomic E-state index is -0.364. The number of hydrogen-bond donors (Lipinski definition) is 1. The van der Waals surface area contributed by atoms with Gasteiger partial charge in [-0.2, -0.15) is 0 Å². The van der Waals surface area contributed by atoms with Crippen molar-refractivity contribution < 1.29 is 4.39 Å². The van der Waals surface area contributed by atoms with E-state index in [1.165, 1.54) is 6.07 Å². The number of hydrogen-bond acceptors (Lipinski definition) is 1. The molecule has 1 rings (SSSR count). The zero-order chi connectivity index (χ0) is 11.4. The first-order valence-corrected chi connectivity index (χ1v) is 5.57. The van der Waals surface area contributed by atoms with Crippen LogP contribution in [0.5, 0.6) is 0 Å². The van der Waals surface area contributed by atoms with E-state index in [2.05, 4.69) is 13.8 Å². The van der Waals surface area contributed by atoms with Crippen LogP contribution in [0.4, 0.5) is 4.39 Å². The molecule has 1 nitrogen and oxygen atoms in total. The number of rotatable bonds is 4. The topological polar surface area (TPSA) is 26.0 Å². The van der Waals surface area contributed by atoms with Crippen molar-refractivity contribution >= 4 is 11.6 Å². The number of nitrogens with two attached hydrogens (primary N) is 1. The van der Waals surface area contributed by atoms with Gasteiger partial charge in [-0.25, -0.2) is 4.39 Å². The summed E-state index contributed by atoms with van der Waals surface area (Å²) in [5.41, 5.74) is 6.62. The summed E-state index contributed by atoms with van der Waals surface area (Å²) < 4.78 is 13.2. The molecule has 15 heavy (non-hydrogen) atoms. The van der Waals surface area contributed by atoms with Crippen molar-refractivity contribution in [2.75, 3.05) is 6.54 Å². The Hall–Kier alpha value is -0.600. The summed E-state index contributed by atoms with van der Waals surface area (Å²) in [4.78, 5) is 0. The van der Waals surface area contributed by atoms with E-state index >= 15 is 0 Å². The maximum atomic E-state index is 13.2. The molecule has 0 saturated carbocycles. The number of halogens is 2. The summed E-state index contributed by atoms with van der Waals surface area (Å²) in [5.74, 6) is 0.408. The standard InChI is InChI=1S/C12H17ClFN/c1-8(2)5-10(7-15)9-3-4-11(13)12(14)6-9/h3-4,6,8,10H,5,7,15H2,1-2H3. The van der Waals surface area contributed by atoms with Gasteiger partial charge in [0.15, 0.2) is 0 Å². The molecule has 0 aromatic heterocycles. The van der Waals surface area contributed by atoms with Gasteiger partial charge in [-0.05, 0) is 42.5 Å². The zero-order valence-corrected chi connectivity index (χ0v) is 9.89. The van der Waals surface area contributed by atoms with Gasteiger partial charge in [-0.15, -0.1) is 0 Å². The second-order valence-corrected chi connectivity index (χ2v) is 4.64. The molecule has 0 spiro atoms. The van der Waals surface area contributed by atoms with Crippen LogP contribution < -0.4 is 5.73 Å². The van der Waals surface area contributed by atoms with Gasteiger partial charge in [-0.1, -0.05) is 31.5 Å². The zero-order valence-electron chi connectivity index (χ0n) is 9.13. The normalized spacial score (nSPS) is 13.2. The second kappa shape index (κ2) is 5.47. The van der Waals surface area contributed by atoms with Gasteiger partial charge < -0.3 is 5.73 Å². The molecule has 0 saturated heterocycles. The highest BCUT2D eigenvalue weighted by Crippen LogP contribution is 2.25. The molecule has 2 N–H and O–H groups in total. The Labute approximate surface area is 95.4 Å². The van der Waals surface area contributed by atoms with E-state index in [0.717, 1.165) is 12.0 Å². The minimum Gasteiger partial charge on any atom is -0.330 e. The van der Waals surface area contributed by atoms with E-state index in [1.54, 1.807) is 6.07 Å². The molecule has 1 aromatic rings. The van der Waals surface area contributed by atoms with Crippen LogP contribution in [0.25, 0.3) is 0 Å². The average Bonchev–Trinajstić information content (AvgIpc) is 2.18. The van der Waals surface area contributed by atoms with Gasteiger partial charge >= 0.3 is 0 Å². The lowest BCUT2D eigenvalue weighted by molar-refractivity contribution is 0.502. The lowest BCUT2D eigenvalue weighted by Gasteiger charge is -2.17. The van der Waals surface area contributed by atoms with Gasteiger partial charge in [0.2, 0.25) is 0 Å². The fraction of sp³-hybridized carbons (Fsp3) is 0.500. The van der Waals surface area contributed by atoms with E-state index in [1.807, 2.05) is 6.07 Å². The molecule has 0 bridgehead atoms. The molecule has 1 unspecified atom stereocenters. The molecule has 0 aliphatic rings. The fourth-order valence-corrected chi connectivity index (χ4v) is 1.82. The van der Waals surface area contributed by atoms with Crippen molar-refractivity contribution in [3.05, 3.63) is 34.6 Å². The van der Waals surface area contributed by atoms with Gasteiger partial charge in [-0.3, -0.25) is 0 Å². The first-order chi connectivity index (χ1) is 7.04. The Kier molecular flexibility index (Phi) is 4.55. The lowest BCUT2D eigenvalue weighted by atomic mass is 9.90. The molecule has 84 valence electrons. The molecule has 0 radical (unpaired) electrons. The van der Waals surface area contributed by atoms with Gasteiger partial charge in [0.1, 0.15) is 5.82 Å². The van der Waals surface area contributed by atoms with Gasteiger partial charge in [0.25, 0.3) is 0 Å². The predicted molar refractivity (Wildman–Crippen MR) is 62.7 cm³/mol. The first kappa shape index (κ1) is 12.5. The van der Waals surface area contributed by atoms with Crippen molar-refractivity contribution in [3.63, 3.8) is 0 Å². The van der Waals surface area contributed by atoms with E-state index in [-0.39, 0.29) is 16.8 Å². The van der Waals surface area contributed by atoms with E-state index in [4.69, 9.17) is 17.3 Å². The Morgan fingerprint density at radius 1 is 1.40 bits per heavy atom. The van der Waals surface area contributed by atoms with Crippen LogP contribution in [0, 0.1) is 11.7 Å². The lowest BCUT2D eigenvalue weighted by Crippen LogP contribution is -2.14. The summed E-state index contributed by atoms with van der Waals surface area (Å²) >= 11 is 5.63. The maximum Gasteiger partial charge on any atom is 0.142 e. The molecule has 0 amide bonds. The Morgan fingerprint density at radius 3 is 2.53 bits per heavy atom. The third-order valence-electron chi connectivity index (χ3n) is 2.46. The van der Waals surface area contributed by atoms with E-state index in [9.17, 15) is 4.39 Å². The molecule has 0 heterocycles. The fourth-order valence-electron chi connectivity index (χ4n) is 1.70. The highest BCUT2D eigenvalue weighted by atomic mass is 35.5. The largest absolute Gasteiger partial charge is 0.330 e. The molecule has 1 atom stereocenters.